The minimum Gasteiger partial charge on any atom is -0.618 e. The second-order valence-electron chi connectivity index (χ2n) is 7.61. The van der Waals surface area contributed by atoms with Crippen LogP contribution in [-0.2, 0) is 16.8 Å². The van der Waals surface area contributed by atoms with Crippen molar-refractivity contribution in [2.24, 2.45) is 0 Å². The van der Waals surface area contributed by atoms with Gasteiger partial charge in [0.05, 0.1) is 0 Å². The van der Waals surface area contributed by atoms with E-state index in [0.29, 0.717) is 36.2 Å². The highest BCUT2D eigenvalue weighted by molar-refractivity contribution is 6.11. The van der Waals surface area contributed by atoms with Gasteiger partial charge in [-0.1, -0.05) is 18.2 Å². The van der Waals surface area contributed by atoms with E-state index in [1.807, 2.05) is 30.3 Å². The van der Waals surface area contributed by atoms with Crippen molar-refractivity contribution < 1.29 is 23.7 Å². The Morgan fingerprint density at radius 3 is 2.53 bits per heavy atom. The maximum atomic E-state index is 13.9. The normalized spacial score (nSPS) is 20.8. The Labute approximate surface area is 172 Å². The Morgan fingerprint density at radius 2 is 1.70 bits per heavy atom. The monoisotopic (exact) mass is 402 g/mol. The zero-order valence-electron chi connectivity index (χ0n) is 16.0. The van der Waals surface area contributed by atoms with Gasteiger partial charge in [0.2, 0.25) is 11.6 Å². The molecular formula is C23H18N2O5. The topological polar surface area (TPSA) is 74.9 Å². The Morgan fingerprint density at radius 1 is 0.933 bits per heavy atom. The van der Waals surface area contributed by atoms with Crippen LogP contribution in [0.25, 0.3) is 0 Å². The molecule has 2 aromatic carbocycles. The lowest BCUT2D eigenvalue weighted by molar-refractivity contribution is -0.613. The first kappa shape index (κ1) is 17.1. The van der Waals surface area contributed by atoms with Crippen LogP contribution in [0.4, 0.5) is 5.69 Å². The van der Waals surface area contributed by atoms with E-state index in [1.165, 1.54) is 6.20 Å². The van der Waals surface area contributed by atoms with Gasteiger partial charge in [-0.15, -0.1) is 0 Å². The standard InChI is InChI=1S/C23H18N2O5/c26-22-23(14-30-19-12-21-20(11-17(19)23)28-9-10-29-21)16-6-1-2-7-18(16)24(22)13-15-5-3-4-8-25(15)27/h1-8,11-12H,9-10,13-14H2/t23-/m1/s1. The predicted molar refractivity (Wildman–Crippen MR) is 107 cm³/mol. The summed E-state index contributed by atoms with van der Waals surface area (Å²) < 4.78 is 18.2. The van der Waals surface area contributed by atoms with Crippen LogP contribution in [0.15, 0.2) is 60.8 Å². The van der Waals surface area contributed by atoms with Gasteiger partial charge in [-0.25, -0.2) is 0 Å². The summed E-state index contributed by atoms with van der Waals surface area (Å²) in [6, 6.07) is 16.6. The van der Waals surface area contributed by atoms with Crippen molar-refractivity contribution in [2.75, 3.05) is 24.7 Å². The SMILES string of the molecule is O=C1N(Cc2cccc[n+]2[O-])c2ccccc2[C@@]12COc1cc3c(cc12)OCCO3. The van der Waals surface area contributed by atoms with E-state index in [1.54, 1.807) is 29.2 Å². The molecule has 3 aliphatic rings. The van der Waals surface area contributed by atoms with Gasteiger partial charge < -0.3 is 24.3 Å². The summed E-state index contributed by atoms with van der Waals surface area (Å²) in [6.45, 7) is 1.33. The van der Waals surface area contributed by atoms with Crippen molar-refractivity contribution in [3.05, 3.63) is 82.8 Å². The van der Waals surface area contributed by atoms with Crippen molar-refractivity contribution in [1.82, 2.24) is 0 Å². The lowest BCUT2D eigenvalue weighted by Gasteiger charge is -2.24. The Hall–Kier alpha value is -3.74. The lowest BCUT2D eigenvalue weighted by atomic mass is 9.77. The first-order valence-electron chi connectivity index (χ1n) is 9.84. The van der Waals surface area contributed by atoms with Gasteiger partial charge in [0.25, 0.3) is 0 Å². The third kappa shape index (κ3) is 2.20. The molecule has 3 aromatic rings. The molecule has 1 aromatic heterocycles. The summed E-state index contributed by atoms with van der Waals surface area (Å²) in [5.74, 6) is 1.77. The number of carbonyl (C=O) groups excluding carboxylic acids is 1. The number of benzene rings is 2. The van der Waals surface area contributed by atoms with E-state index in [2.05, 4.69) is 0 Å². The molecule has 0 N–H and O–H groups in total. The largest absolute Gasteiger partial charge is 0.618 e. The molecule has 7 nitrogen and oxygen atoms in total. The smallest absolute Gasteiger partial charge is 0.246 e. The average Bonchev–Trinajstić information content (AvgIpc) is 3.26. The van der Waals surface area contributed by atoms with Crippen LogP contribution in [-0.4, -0.2) is 25.7 Å². The molecule has 0 fully saturated rings. The fraction of sp³-hybridized carbons (Fsp3) is 0.217. The molecule has 0 radical (unpaired) electrons. The number of aromatic nitrogens is 1. The predicted octanol–water partition coefficient (Wildman–Crippen LogP) is 2.32. The van der Waals surface area contributed by atoms with Crippen LogP contribution in [0.5, 0.6) is 17.2 Å². The van der Waals surface area contributed by atoms with Crippen molar-refractivity contribution in [2.45, 2.75) is 12.0 Å². The maximum absolute atomic E-state index is 13.9. The highest BCUT2D eigenvalue weighted by Gasteiger charge is 2.57. The molecule has 7 heteroatoms. The molecule has 0 unspecified atom stereocenters. The summed E-state index contributed by atoms with van der Waals surface area (Å²) in [5, 5.41) is 12.2. The number of anilines is 1. The van der Waals surface area contributed by atoms with Crippen molar-refractivity contribution >= 4 is 11.6 Å². The molecule has 4 heterocycles. The molecule has 3 aliphatic heterocycles. The lowest BCUT2D eigenvalue weighted by Crippen LogP contribution is -2.44. The summed E-state index contributed by atoms with van der Waals surface area (Å²) in [6.07, 6.45) is 1.44. The number of amides is 1. The third-order valence-corrected chi connectivity index (χ3v) is 6.04. The van der Waals surface area contributed by atoms with Gasteiger partial charge in [0, 0.05) is 29.4 Å². The minimum absolute atomic E-state index is 0.108. The zero-order valence-corrected chi connectivity index (χ0v) is 16.0. The van der Waals surface area contributed by atoms with Gasteiger partial charge in [0.1, 0.15) is 37.5 Å². The van der Waals surface area contributed by atoms with E-state index in [4.69, 9.17) is 14.2 Å². The molecule has 0 saturated heterocycles. The van der Waals surface area contributed by atoms with E-state index >= 15 is 0 Å². The number of nitrogens with zero attached hydrogens (tertiary/aromatic N) is 2. The quantitative estimate of drug-likeness (QED) is 0.486. The van der Waals surface area contributed by atoms with Gasteiger partial charge in [0.15, 0.2) is 17.7 Å². The first-order chi connectivity index (χ1) is 14.7. The average molecular weight is 402 g/mol. The van der Waals surface area contributed by atoms with Gasteiger partial charge >= 0.3 is 0 Å². The van der Waals surface area contributed by atoms with Crippen LogP contribution in [0.3, 0.4) is 0 Å². The van der Waals surface area contributed by atoms with Gasteiger partial charge in [-0.05, 0) is 23.8 Å². The van der Waals surface area contributed by atoms with E-state index < -0.39 is 5.41 Å². The van der Waals surface area contributed by atoms with Crippen molar-refractivity contribution in [3.63, 3.8) is 0 Å². The molecule has 0 saturated carbocycles. The number of carbonyl (C=O) groups is 1. The van der Waals surface area contributed by atoms with E-state index in [0.717, 1.165) is 21.5 Å². The maximum Gasteiger partial charge on any atom is 0.246 e. The fourth-order valence-electron chi connectivity index (χ4n) is 4.62. The van der Waals surface area contributed by atoms with Crippen LogP contribution in [0.2, 0.25) is 0 Å². The second kappa shape index (κ2) is 6.13. The number of rotatable bonds is 2. The minimum atomic E-state index is -0.968. The summed E-state index contributed by atoms with van der Waals surface area (Å²) in [4.78, 5) is 15.6. The molecule has 0 bridgehead atoms. The number of hydrogen-bond donors (Lipinski definition) is 0. The summed E-state index contributed by atoms with van der Waals surface area (Å²) in [5.41, 5.74) is 1.97. The molecule has 30 heavy (non-hydrogen) atoms. The highest BCUT2D eigenvalue weighted by atomic mass is 16.6. The molecular weight excluding hydrogens is 384 g/mol. The zero-order chi connectivity index (χ0) is 20.3. The fourth-order valence-corrected chi connectivity index (χ4v) is 4.62. The number of fused-ring (bicyclic) bond motifs is 5. The molecule has 1 amide bonds. The van der Waals surface area contributed by atoms with Crippen molar-refractivity contribution in [3.8, 4) is 17.2 Å². The summed E-state index contributed by atoms with van der Waals surface area (Å²) in [7, 11) is 0. The van der Waals surface area contributed by atoms with E-state index in [9.17, 15) is 10.0 Å². The molecule has 150 valence electrons. The molecule has 6 rings (SSSR count). The molecule has 0 aliphatic carbocycles. The van der Waals surface area contributed by atoms with Gasteiger partial charge in [-0.2, -0.15) is 4.73 Å². The van der Waals surface area contributed by atoms with Crippen molar-refractivity contribution in [1.29, 1.82) is 0 Å². The number of ether oxygens (including phenoxy) is 3. The first-order valence-corrected chi connectivity index (χ1v) is 9.84. The second-order valence-corrected chi connectivity index (χ2v) is 7.61. The highest BCUT2D eigenvalue weighted by Crippen LogP contribution is 2.54. The number of hydrogen-bond acceptors (Lipinski definition) is 5. The van der Waals surface area contributed by atoms with Crippen LogP contribution in [0.1, 0.15) is 16.8 Å². The Bertz CT molecular complexity index is 1190. The number of pyridine rings is 1. The van der Waals surface area contributed by atoms with Crippen LogP contribution >= 0.6 is 0 Å². The molecule has 1 atom stereocenters. The van der Waals surface area contributed by atoms with Crippen LogP contribution in [0, 0.1) is 5.21 Å². The Kier molecular flexibility index (Phi) is 3.50. The van der Waals surface area contributed by atoms with E-state index in [-0.39, 0.29) is 19.1 Å². The number of para-hydroxylation sites is 1. The summed E-state index contributed by atoms with van der Waals surface area (Å²) >= 11 is 0. The third-order valence-electron chi connectivity index (χ3n) is 6.04. The van der Waals surface area contributed by atoms with Gasteiger partial charge in [-0.3, -0.25) is 4.79 Å². The Balaban J connectivity index is 1.50. The molecule has 1 spiro atoms. The van der Waals surface area contributed by atoms with Crippen LogP contribution < -0.4 is 23.8 Å².